The SMILES string of the molecule is C=C/C=c1\c(=C/C)c(C=C)c(C=C)c2ccccc12. The summed E-state index contributed by atoms with van der Waals surface area (Å²) in [5, 5.41) is 4.79. The van der Waals surface area contributed by atoms with Gasteiger partial charge in [-0.3, -0.25) is 0 Å². The fraction of sp³-hybridized carbons (Fsp3) is 0.0526. The summed E-state index contributed by atoms with van der Waals surface area (Å²) in [6, 6.07) is 8.37. The molecular weight excluding hydrogens is 228 g/mol. The lowest BCUT2D eigenvalue weighted by molar-refractivity contribution is 1.51. The molecule has 0 aliphatic heterocycles. The summed E-state index contributed by atoms with van der Waals surface area (Å²) in [6.45, 7) is 13.8. The van der Waals surface area contributed by atoms with Gasteiger partial charge in [-0.25, -0.2) is 0 Å². The summed E-state index contributed by atoms with van der Waals surface area (Å²) in [7, 11) is 0. The normalized spacial score (nSPS) is 12.7. The largest absolute Gasteiger partial charge is 0.0990 e. The molecule has 2 aromatic rings. The van der Waals surface area contributed by atoms with Gasteiger partial charge in [0.1, 0.15) is 0 Å². The highest BCUT2D eigenvalue weighted by Crippen LogP contribution is 2.19. The molecule has 0 spiro atoms. The molecular formula is C19H18. The van der Waals surface area contributed by atoms with Gasteiger partial charge in [-0.15, -0.1) is 0 Å². The molecule has 2 rings (SSSR count). The maximum Gasteiger partial charge on any atom is -0.00991 e. The number of rotatable bonds is 3. The standard InChI is InChI=1S/C19H18/c1-5-11-17-15(7-3)14(6-2)16(8-4)18-12-9-10-13-19(17)18/h5-13H,1-2,4H2,3H3/b15-7-,17-11+. The second-order valence-corrected chi connectivity index (χ2v) is 4.30. The van der Waals surface area contributed by atoms with Crippen LogP contribution in [0.2, 0.25) is 0 Å². The van der Waals surface area contributed by atoms with Gasteiger partial charge in [0.25, 0.3) is 0 Å². The minimum Gasteiger partial charge on any atom is -0.0990 e. The first kappa shape index (κ1) is 13.1. The molecule has 19 heavy (non-hydrogen) atoms. The number of hydrogen-bond acceptors (Lipinski definition) is 0. The van der Waals surface area contributed by atoms with Crippen LogP contribution in [0.3, 0.4) is 0 Å². The molecule has 0 fully saturated rings. The molecule has 0 heterocycles. The molecule has 94 valence electrons. The van der Waals surface area contributed by atoms with Crippen LogP contribution in [0.15, 0.2) is 50.1 Å². The summed E-state index contributed by atoms with van der Waals surface area (Å²) in [5.74, 6) is 0. The lowest BCUT2D eigenvalue weighted by Crippen LogP contribution is -2.29. The number of benzene rings is 2. The van der Waals surface area contributed by atoms with Gasteiger partial charge in [-0.05, 0) is 39.3 Å². The summed E-state index contributed by atoms with van der Waals surface area (Å²) < 4.78 is 0. The second-order valence-electron chi connectivity index (χ2n) is 4.30. The minimum absolute atomic E-state index is 1.13. The smallest absolute Gasteiger partial charge is 0.00991 e. The predicted molar refractivity (Wildman–Crippen MR) is 88.2 cm³/mol. The Kier molecular flexibility index (Phi) is 3.82. The van der Waals surface area contributed by atoms with Gasteiger partial charge in [-0.1, -0.05) is 74.4 Å². The van der Waals surface area contributed by atoms with E-state index in [0.29, 0.717) is 0 Å². The molecule has 0 aromatic heterocycles. The fourth-order valence-electron chi connectivity index (χ4n) is 2.58. The van der Waals surface area contributed by atoms with Crippen LogP contribution in [0, 0.1) is 0 Å². The van der Waals surface area contributed by atoms with Crippen molar-refractivity contribution >= 4 is 35.1 Å². The Labute approximate surface area is 114 Å². The van der Waals surface area contributed by atoms with Gasteiger partial charge in [0.05, 0.1) is 0 Å². The van der Waals surface area contributed by atoms with Crippen molar-refractivity contribution in [3.05, 3.63) is 71.6 Å². The van der Waals surface area contributed by atoms with Crippen LogP contribution in [0.25, 0.3) is 35.1 Å². The van der Waals surface area contributed by atoms with E-state index in [4.69, 9.17) is 0 Å². The molecule has 0 unspecified atom stereocenters. The Bertz CT molecular complexity index is 774. The van der Waals surface area contributed by atoms with E-state index in [9.17, 15) is 0 Å². The predicted octanol–water partition coefficient (Wildman–Crippen LogP) is 3.89. The van der Waals surface area contributed by atoms with Crippen LogP contribution in [0.5, 0.6) is 0 Å². The Balaban J connectivity index is 3.27. The van der Waals surface area contributed by atoms with E-state index < -0.39 is 0 Å². The van der Waals surface area contributed by atoms with Crippen LogP contribution in [0.4, 0.5) is 0 Å². The minimum atomic E-state index is 1.13. The molecule has 0 aliphatic rings. The van der Waals surface area contributed by atoms with Gasteiger partial charge >= 0.3 is 0 Å². The number of fused-ring (bicyclic) bond motifs is 1. The molecule has 0 saturated heterocycles. The van der Waals surface area contributed by atoms with E-state index in [1.807, 2.05) is 25.2 Å². The molecule has 0 N–H and O–H groups in total. The molecule has 0 nitrogen and oxygen atoms in total. The highest BCUT2D eigenvalue weighted by Gasteiger charge is 2.06. The molecule has 0 heteroatoms. The third kappa shape index (κ3) is 2.06. The summed E-state index contributed by atoms with van der Waals surface area (Å²) in [4.78, 5) is 0. The van der Waals surface area contributed by atoms with Crippen molar-refractivity contribution < 1.29 is 0 Å². The lowest BCUT2D eigenvalue weighted by Gasteiger charge is -2.10. The zero-order valence-electron chi connectivity index (χ0n) is 11.3. The second kappa shape index (κ2) is 5.53. The van der Waals surface area contributed by atoms with Gasteiger partial charge in [0, 0.05) is 0 Å². The fourth-order valence-corrected chi connectivity index (χ4v) is 2.58. The molecule has 0 aliphatic carbocycles. The average Bonchev–Trinajstić information content (AvgIpc) is 2.46. The van der Waals surface area contributed by atoms with E-state index in [2.05, 4.69) is 56.2 Å². The molecule has 0 radical (unpaired) electrons. The van der Waals surface area contributed by atoms with Crippen molar-refractivity contribution in [2.75, 3.05) is 0 Å². The van der Waals surface area contributed by atoms with Crippen LogP contribution >= 0.6 is 0 Å². The van der Waals surface area contributed by atoms with Crippen LogP contribution in [-0.4, -0.2) is 0 Å². The van der Waals surface area contributed by atoms with E-state index in [0.717, 1.165) is 11.1 Å². The molecule has 0 amide bonds. The third-order valence-electron chi connectivity index (χ3n) is 3.36. The highest BCUT2D eigenvalue weighted by molar-refractivity contribution is 5.95. The molecule has 2 aromatic carbocycles. The maximum atomic E-state index is 3.95. The Morgan fingerprint density at radius 1 is 0.842 bits per heavy atom. The van der Waals surface area contributed by atoms with Crippen molar-refractivity contribution in [3.63, 3.8) is 0 Å². The first-order valence-electron chi connectivity index (χ1n) is 6.37. The van der Waals surface area contributed by atoms with Crippen molar-refractivity contribution in [1.29, 1.82) is 0 Å². The summed E-state index contributed by atoms with van der Waals surface area (Å²) in [6.07, 6.45) is 9.81. The van der Waals surface area contributed by atoms with Gasteiger partial charge in [0.2, 0.25) is 0 Å². The van der Waals surface area contributed by atoms with Crippen LogP contribution < -0.4 is 10.4 Å². The molecule has 0 saturated carbocycles. The van der Waals surface area contributed by atoms with Crippen molar-refractivity contribution in [2.45, 2.75) is 6.92 Å². The Hall–Kier alpha value is -2.34. The van der Waals surface area contributed by atoms with E-state index in [1.54, 1.807) is 0 Å². The number of hydrogen-bond donors (Lipinski definition) is 0. The zero-order chi connectivity index (χ0) is 13.8. The van der Waals surface area contributed by atoms with Crippen molar-refractivity contribution in [1.82, 2.24) is 0 Å². The van der Waals surface area contributed by atoms with E-state index >= 15 is 0 Å². The first-order chi connectivity index (χ1) is 9.28. The summed E-state index contributed by atoms with van der Waals surface area (Å²) in [5.41, 5.74) is 2.27. The monoisotopic (exact) mass is 246 g/mol. The van der Waals surface area contributed by atoms with E-state index in [-0.39, 0.29) is 0 Å². The topological polar surface area (TPSA) is 0 Å². The average molecular weight is 246 g/mol. The number of allylic oxidation sites excluding steroid dienone is 1. The van der Waals surface area contributed by atoms with Crippen LogP contribution in [-0.2, 0) is 0 Å². The van der Waals surface area contributed by atoms with Crippen molar-refractivity contribution in [2.24, 2.45) is 0 Å². The zero-order valence-corrected chi connectivity index (χ0v) is 11.3. The highest BCUT2D eigenvalue weighted by atomic mass is 14.1. The Morgan fingerprint density at radius 2 is 1.47 bits per heavy atom. The van der Waals surface area contributed by atoms with E-state index in [1.165, 1.54) is 21.2 Å². The lowest BCUT2D eigenvalue weighted by atomic mass is 9.94. The van der Waals surface area contributed by atoms with Crippen molar-refractivity contribution in [3.8, 4) is 0 Å². The molecule has 0 bridgehead atoms. The quantitative estimate of drug-likeness (QED) is 0.770. The van der Waals surface area contributed by atoms with Gasteiger partial charge < -0.3 is 0 Å². The maximum absolute atomic E-state index is 3.95. The first-order valence-corrected chi connectivity index (χ1v) is 6.37. The third-order valence-corrected chi connectivity index (χ3v) is 3.36. The van der Waals surface area contributed by atoms with Crippen LogP contribution in [0.1, 0.15) is 18.1 Å². The van der Waals surface area contributed by atoms with Gasteiger partial charge in [-0.2, -0.15) is 0 Å². The Morgan fingerprint density at radius 3 is 2.00 bits per heavy atom. The summed E-state index contributed by atoms with van der Waals surface area (Å²) >= 11 is 0. The van der Waals surface area contributed by atoms with Gasteiger partial charge in [0.15, 0.2) is 0 Å². The molecule has 0 atom stereocenters.